The van der Waals surface area contributed by atoms with Crippen molar-refractivity contribution in [2.75, 3.05) is 33.7 Å². The topological polar surface area (TPSA) is 32.5 Å². The number of rotatable bonds is 5. The number of hydrogen-bond donors (Lipinski definition) is 1. The maximum Gasteiger partial charge on any atom is 0.0473 e. The van der Waals surface area contributed by atoms with Crippen molar-refractivity contribution in [3.8, 4) is 0 Å². The number of hydrogen-bond acceptors (Lipinski definition) is 3. The van der Waals surface area contributed by atoms with Crippen LogP contribution in [0.4, 0.5) is 0 Å². The Kier molecular flexibility index (Phi) is 5.19. The summed E-state index contributed by atoms with van der Waals surface area (Å²) in [6.07, 6.45) is 2.64. The summed E-state index contributed by atoms with van der Waals surface area (Å²) < 4.78 is 0. The molecular weight excluding hydrogens is 246 g/mol. The highest BCUT2D eigenvalue weighted by Gasteiger charge is 2.26. The summed E-state index contributed by atoms with van der Waals surface area (Å²) in [5.74, 6) is 0. The molecule has 1 saturated heterocycles. The summed E-state index contributed by atoms with van der Waals surface area (Å²) in [6.45, 7) is 7.40. The zero-order chi connectivity index (χ0) is 14.7. The predicted octanol–water partition coefficient (Wildman–Crippen LogP) is 2.33. The number of nitrogens with zero attached hydrogens (tertiary/aromatic N) is 2. The van der Waals surface area contributed by atoms with Gasteiger partial charge in [-0.2, -0.15) is 0 Å². The fourth-order valence-corrected chi connectivity index (χ4v) is 3.54. The van der Waals surface area contributed by atoms with E-state index in [1.54, 1.807) is 0 Å². The average Bonchev–Trinajstić information content (AvgIpc) is 2.79. The van der Waals surface area contributed by atoms with E-state index in [0.717, 1.165) is 6.54 Å². The Morgan fingerprint density at radius 2 is 2.00 bits per heavy atom. The first-order chi connectivity index (χ1) is 9.54. The van der Waals surface area contributed by atoms with Crippen molar-refractivity contribution in [2.24, 2.45) is 5.73 Å². The van der Waals surface area contributed by atoms with E-state index in [1.165, 1.54) is 36.1 Å². The van der Waals surface area contributed by atoms with Gasteiger partial charge in [0.1, 0.15) is 0 Å². The minimum Gasteiger partial charge on any atom is -0.329 e. The van der Waals surface area contributed by atoms with E-state index in [4.69, 9.17) is 5.73 Å². The second kappa shape index (κ2) is 6.70. The Morgan fingerprint density at radius 3 is 2.50 bits per heavy atom. The van der Waals surface area contributed by atoms with Crippen LogP contribution in [0.1, 0.15) is 35.6 Å². The van der Waals surface area contributed by atoms with Crippen molar-refractivity contribution in [2.45, 2.75) is 38.8 Å². The highest BCUT2D eigenvalue weighted by Crippen LogP contribution is 2.27. The van der Waals surface area contributed by atoms with E-state index in [1.807, 2.05) is 0 Å². The molecule has 0 spiro atoms. The van der Waals surface area contributed by atoms with Gasteiger partial charge in [0, 0.05) is 25.2 Å². The van der Waals surface area contributed by atoms with Crippen molar-refractivity contribution < 1.29 is 0 Å². The first-order valence-electron chi connectivity index (χ1n) is 7.71. The normalized spacial score (nSPS) is 21.6. The van der Waals surface area contributed by atoms with Gasteiger partial charge in [-0.25, -0.2) is 0 Å². The summed E-state index contributed by atoms with van der Waals surface area (Å²) in [7, 11) is 4.46. The molecule has 0 aromatic heterocycles. The van der Waals surface area contributed by atoms with E-state index in [2.05, 4.69) is 55.9 Å². The zero-order valence-electron chi connectivity index (χ0n) is 13.4. The van der Waals surface area contributed by atoms with Crippen molar-refractivity contribution in [3.63, 3.8) is 0 Å². The molecule has 3 heteroatoms. The maximum absolute atomic E-state index is 6.10. The lowest BCUT2D eigenvalue weighted by Crippen LogP contribution is -2.40. The third kappa shape index (κ3) is 3.22. The second-order valence-corrected chi connectivity index (χ2v) is 6.27. The number of likely N-dealkylation sites (N-methyl/N-ethyl adjacent to an activating group) is 2. The number of benzene rings is 1. The van der Waals surface area contributed by atoms with Crippen LogP contribution in [-0.2, 0) is 0 Å². The van der Waals surface area contributed by atoms with Gasteiger partial charge in [0.05, 0.1) is 0 Å². The lowest BCUT2D eigenvalue weighted by atomic mass is 9.95. The van der Waals surface area contributed by atoms with Crippen LogP contribution in [0.25, 0.3) is 0 Å². The molecule has 2 unspecified atom stereocenters. The summed E-state index contributed by atoms with van der Waals surface area (Å²) in [6, 6.07) is 7.52. The SMILES string of the molecule is Cc1cccc(C)c1C(CN)N(C)CC1CCCN1C. The molecule has 2 rings (SSSR count). The van der Waals surface area contributed by atoms with E-state index in [-0.39, 0.29) is 0 Å². The van der Waals surface area contributed by atoms with Crippen molar-refractivity contribution >= 4 is 0 Å². The number of likely N-dealkylation sites (tertiary alicyclic amines) is 1. The summed E-state index contributed by atoms with van der Waals surface area (Å²) in [5, 5.41) is 0. The van der Waals surface area contributed by atoms with Gasteiger partial charge in [-0.05, 0) is 64.0 Å². The van der Waals surface area contributed by atoms with Gasteiger partial charge in [0.15, 0.2) is 0 Å². The van der Waals surface area contributed by atoms with Crippen LogP contribution in [0.5, 0.6) is 0 Å². The molecule has 0 bridgehead atoms. The standard InChI is InChI=1S/C17H29N3/c1-13-7-5-8-14(2)17(13)16(11-18)20(4)12-15-9-6-10-19(15)3/h5,7-8,15-16H,6,9-12,18H2,1-4H3. The van der Waals surface area contributed by atoms with Gasteiger partial charge in [-0.15, -0.1) is 0 Å². The van der Waals surface area contributed by atoms with Gasteiger partial charge >= 0.3 is 0 Å². The monoisotopic (exact) mass is 275 g/mol. The zero-order valence-corrected chi connectivity index (χ0v) is 13.4. The van der Waals surface area contributed by atoms with Crippen LogP contribution in [0, 0.1) is 13.8 Å². The predicted molar refractivity (Wildman–Crippen MR) is 86.0 cm³/mol. The molecule has 1 aliphatic rings. The summed E-state index contributed by atoms with van der Waals surface area (Å²) in [4.78, 5) is 4.93. The molecule has 20 heavy (non-hydrogen) atoms. The van der Waals surface area contributed by atoms with E-state index < -0.39 is 0 Å². The largest absolute Gasteiger partial charge is 0.329 e. The van der Waals surface area contributed by atoms with Crippen LogP contribution < -0.4 is 5.73 Å². The summed E-state index contributed by atoms with van der Waals surface area (Å²) >= 11 is 0. The first-order valence-corrected chi connectivity index (χ1v) is 7.71. The highest BCUT2D eigenvalue weighted by atomic mass is 15.2. The summed E-state index contributed by atoms with van der Waals surface area (Å²) in [5.41, 5.74) is 10.2. The molecule has 1 aromatic rings. The molecule has 0 saturated carbocycles. The van der Waals surface area contributed by atoms with Gasteiger partial charge in [-0.1, -0.05) is 18.2 Å². The van der Waals surface area contributed by atoms with Crippen molar-refractivity contribution in [1.82, 2.24) is 9.80 Å². The van der Waals surface area contributed by atoms with Gasteiger partial charge in [0.2, 0.25) is 0 Å². The van der Waals surface area contributed by atoms with Crippen molar-refractivity contribution in [3.05, 3.63) is 34.9 Å². The first kappa shape index (κ1) is 15.5. The smallest absolute Gasteiger partial charge is 0.0473 e. The quantitative estimate of drug-likeness (QED) is 0.895. The number of nitrogens with two attached hydrogens (primary N) is 1. The molecule has 0 radical (unpaired) electrons. The highest BCUT2D eigenvalue weighted by molar-refractivity contribution is 5.36. The molecule has 1 fully saturated rings. The molecule has 2 N–H and O–H groups in total. The Labute approximate surface area is 123 Å². The molecule has 112 valence electrons. The Hall–Kier alpha value is -0.900. The van der Waals surface area contributed by atoms with Crippen LogP contribution in [-0.4, -0.2) is 49.6 Å². The molecule has 0 amide bonds. The molecular formula is C17H29N3. The third-order valence-corrected chi connectivity index (χ3v) is 4.80. The molecule has 0 aliphatic carbocycles. The second-order valence-electron chi connectivity index (χ2n) is 6.27. The Morgan fingerprint density at radius 1 is 1.35 bits per heavy atom. The Balaban J connectivity index is 2.15. The van der Waals surface area contributed by atoms with Crippen LogP contribution in [0.2, 0.25) is 0 Å². The van der Waals surface area contributed by atoms with Crippen LogP contribution in [0.3, 0.4) is 0 Å². The minimum absolute atomic E-state index is 0.324. The lowest BCUT2D eigenvalue weighted by molar-refractivity contribution is 0.179. The molecule has 2 atom stereocenters. The average molecular weight is 275 g/mol. The molecule has 1 heterocycles. The van der Waals surface area contributed by atoms with E-state index in [0.29, 0.717) is 18.6 Å². The molecule has 3 nitrogen and oxygen atoms in total. The van der Waals surface area contributed by atoms with Gasteiger partial charge < -0.3 is 10.6 Å². The van der Waals surface area contributed by atoms with E-state index >= 15 is 0 Å². The fourth-order valence-electron chi connectivity index (χ4n) is 3.54. The van der Waals surface area contributed by atoms with Crippen LogP contribution in [0.15, 0.2) is 18.2 Å². The lowest BCUT2D eigenvalue weighted by Gasteiger charge is -2.33. The van der Waals surface area contributed by atoms with Crippen LogP contribution >= 0.6 is 0 Å². The third-order valence-electron chi connectivity index (χ3n) is 4.80. The molecule has 1 aliphatic heterocycles. The minimum atomic E-state index is 0.324. The maximum atomic E-state index is 6.10. The number of aryl methyl sites for hydroxylation is 2. The van der Waals surface area contributed by atoms with E-state index in [9.17, 15) is 0 Å². The Bertz CT molecular complexity index is 424. The van der Waals surface area contributed by atoms with Gasteiger partial charge in [0.25, 0.3) is 0 Å². The van der Waals surface area contributed by atoms with Gasteiger partial charge in [-0.3, -0.25) is 4.90 Å². The van der Waals surface area contributed by atoms with Crippen molar-refractivity contribution in [1.29, 1.82) is 0 Å². The fraction of sp³-hybridized carbons (Fsp3) is 0.647. The molecule has 1 aromatic carbocycles.